The van der Waals surface area contributed by atoms with E-state index in [2.05, 4.69) is 17.2 Å². The quantitative estimate of drug-likeness (QED) is 0.464. The maximum atomic E-state index is 12.9. The molecule has 0 aliphatic rings. The second-order valence-corrected chi connectivity index (χ2v) is 7.67. The van der Waals surface area contributed by atoms with Crippen LogP contribution in [0.15, 0.2) is 23.6 Å². The van der Waals surface area contributed by atoms with Crippen molar-refractivity contribution in [1.29, 1.82) is 0 Å². The van der Waals surface area contributed by atoms with Crippen LogP contribution in [-0.4, -0.2) is 35.0 Å². The zero-order valence-corrected chi connectivity index (χ0v) is 17.9. The smallest absolute Gasteiger partial charge is 0.357 e. The van der Waals surface area contributed by atoms with Crippen molar-refractivity contribution in [2.45, 2.75) is 53.5 Å². The molecule has 0 aliphatic carbocycles. The molecule has 0 unspecified atom stereocenters. The molecular weight excluding hydrogens is 374 g/mol. The number of thiazole rings is 1. The van der Waals surface area contributed by atoms with Gasteiger partial charge < -0.3 is 15.0 Å². The van der Waals surface area contributed by atoms with E-state index in [0.717, 1.165) is 41.1 Å². The van der Waals surface area contributed by atoms with E-state index in [-0.39, 0.29) is 6.03 Å². The molecule has 152 valence electrons. The Morgan fingerprint density at radius 2 is 2.00 bits per heavy atom. The molecule has 2 rings (SSSR count). The Morgan fingerprint density at radius 1 is 1.21 bits per heavy atom. The minimum Gasteiger partial charge on any atom is -0.461 e. The standard InChI is InChI=1S/C21H29N3O3S/c1-5-7-8-11-24(13-19-22-18(14-28-19)20(25)27-6-2)21(26)23-17-10-9-15(3)12-16(17)4/h9-10,12,14H,5-8,11,13H2,1-4H3,(H,23,26). The molecule has 28 heavy (non-hydrogen) atoms. The highest BCUT2D eigenvalue weighted by atomic mass is 32.1. The van der Waals surface area contributed by atoms with Gasteiger partial charge in [-0.05, 0) is 38.8 Å². The van der Waals surface area contributed by atoms with E-state index in [4.69, 9.17) is 4.74 Å². The number of unbranched alkanes of at least 4 members (excludes halogenated alkanes) is 2. The summed E-state index contributed by atoms with van der Waals surface area (Å²) in [7, 11) is 0. The lowest BCUT2D eigenvalue weighted by Gasteiger charge is -2.23. The Labute approximate surface area is 170 Å². The van der Waals surface area contributed by atoms with Gasteiger partial charge in [-0.15, -0.1) is 11.3 Å². The second kappa shape index (κ2) is 10.8. The van der Waals surface area contributed by atoms with Gasteiger partial charge in [0.2, 0.25) is 0 Å². The van der Waals surface area contributed by atoms with Crippen LogP contribution >= 0.6 is 11.3 Å². The highest BCUT2D eigenvalue weighted by Gasteiger charge is 2.18. The summed E-state index contributed by atoms with van der Waals surface area (Å²) in [5, 5.41) is 5.40. The molecule has 0 radical (unpaired) electrons. The third-order valence-electron chi connectivity index (χ3n) is 4.30. The van der Waals surface area contributed by atoms with Gasteiger partial charge in [0.15, 0.2) is 5.69 Å². The number of aromatic nitrogens is 1. The number of hydrogen-bond donors (Lipinski definition) is 1. The van der Waals surface area contributed by atoms with E-state index in [1.165, 1.54) is 11.3 Å². The van der Waals surface area contributed by atoms with Crippen LogP contribution in [0.4, 0.5) is 10.5 Å². The van der Waals surface area contributed by atoms with Crippen LogP contribution in [0, 0.1) is 13.8 Å². The number of nitrogens with one attached hydrogen (secondary N) is 1. The van der Waals surface area contributed by atoms with Gasteiger partial charge in [-0.1, -0.05) is 37.5 Å². The van der Waals surface area contributed by atoms with Crippen molar-refractivity contribution in [3.63, 3.8) is 0 Å². The van der Waals surface area contributed by atoms with E-state index in [1.807, 2.05) is 32.0 Å². The number of urea groups is 1. The van der Waals surface area contributed by atoms with Crippen molar-refractivity contribution in [3.05, 3.63) is 45.4 Å². The number of esters is 1. The van der Waals surface area contributed by atoms with Gasteiger partial charge in [0.05, 0.1) is 13.2 Å². The predicted octanol–water partition coefficient (Wildman–Crippen LogP) is 5.16. The summed E-state index contributed by atoms with van der Waals surface area (Å²) < 4.78 is 4.99. The monoisotopic (exact) mass is 403 g/mol. The van der Waals surface area contributed by atoms with Crippen molar-refractivity contribution in [2.24, 2.45) is 0 Å². The van der Waals surface area contributed by atoms with Gasteiger partial charge in [-0.25, -0.2) is 14.6 Å². The molecule has 2 amide bonds. The molecule has 0 spiro atoms. The maximum absolute atomic E-state index is 12.9. The number of carbonyl (C=O) groups excluding carboxylic acids is 2. The van der Waals surface area contributed by atoms with Crippen LogP contribution in [0.25, 0.3) is 0 Å². The van der Waals surface area contributed by atoms with Crippen molar-refractivity contribution >= 4 is 29.0 Å². The van der Waals surface area contributed by atoms with Crippen molar-refractivity contribution in [1.82, 2.24) is 9.88 Å². The Bertz CT molecular complexity index is 804. The Hall–Kier alpha value is -2.41. The molecule has 0 saturated heterocycles. The lowest BCUT2D eigenvalue weighted by atomic mass is 10.1. The Morgan fingerprint density at radius 3 is 2.68 bits per heavy atom. The number of rotatable bonds is 9. The fourth-order valence-corrected chi connectivity index (χ4v) is 3.58. The average molecular weight is 404 g/mol. The van der Waals surface area contributed by atoms with Crippen LogP contribution in [0.3, 0.4) is 0 Å². The third kappa shape index (κ3) is 6.34. The molecule has 0 saturated carbocycles. The number of hydrogen-bond acceptors (Lipinski definition) is 5. The van der Waals surface area contributed by atoms with Crippen molar-refractivity contribution in [3.8, 4) is 0 Å². The SMILES string of the molecule is CCCCCN(Cc1nc(C(=O)OCC)cs1)C(=O)Nc1ccc(C)cc1C. The van der Waals surface area contributed by atoms with Gasteiger partial charge in [0.1, 0.15) is 5.01 Å². The molecule has 0 bridgehead atoms. The Balaban J connectivity index is 2.10. The first-order chi connectivity index (χ1) is 13.4. The highest BCUT2D eigenvalue weighted by Crippen LogP contribution is 2.19. The summed E-state index contributed by atoms with van der Waals surface area (Å²) in [5.74, 6) is -0.428. The first kappa shape index (κ1) is 21.9. The van der Waals surface area contributed by atoms with E-state index in [9.17, 15) is 9.59 Å². The molecule has 0 aliphatic heterocycles. The third-order valence-corrected chi connectivity index (χ3v) is 5.14. The van der Waals surface area contributed by atoms with Gasteiger partial charge >= 0.3 is 12.0 Å². The topological polar surface area (TPSA) is 71.5 Å². The summed E-state index contributed by atoms with van der Waals surface area (Å²) in [6.45, 7) is 9.22. The van der Waals surface area contributed by atoms with E-state index < -0.39 is 5.97 Å². The largest absolute Gasteiger partial charge is 0.461 e. The molecule has 1 N–H and O–H groups in total. The predicted molar refractivity (Wildman–Crippen MR) is 113 cm³/mol. The molecular formula is C21H29N3O3S. The van der Waals surface area contributed by atoms with Gasteiger partial charge in [-0.3, -0.25) is 0 Å². The van der Waals surface area contributed by atoms with Crippen molar-refractivity contribution in [2.75, 3.05) is 18.5 Å². The summed E-state index contributed by atoms with van der Waals surface area (Å²) in [5.41, 5.74) is 3.29. The van der Waals surface area contributed by atoms with Gasteiger partial charge in [-0.2, -0.15) is 0 Å². The number of carbonyl (C=O) groups is 2. The van der Waals surface area contributed by atoms with Crippen molar-refractivity contribution < 1.29 is 14.3 Å². The zero-order chi connectivity index (χ0) is 20.5. The number of ether oxygens (including phenoxy) is 1. The molecule has 2 aromatic rings. The van der Waals surface area contributed by atoms with Crippen LogP contribution in [0.2, 0.25) is 0 Å². The number of benzene rings is 1. The number of amides is 2. The normalized spacial score (nSPS) is 10.6. The van der Waals surface area contributed by atoms with Gasteiger partial charge in [0, 0.05) is 17.6 Å². The second-order valence-electron chi connectivity index (χ2n) is 6.72. The first-order valence-corrected chi connectivity index (χ1v) is 10.6. The molecule has 1 aromatic heterocycles. The fourth-order valence-electron chi connectivity index (χ4n) is 2.80. The summed E-state index contributed by atoms with van der Waals surface area (Å²) in [4.78, 5) is 30.8. The summed E-state index contributed by atoms with van der Waals surface area (Å²) >= 11 is 1.37. The van der Waals surface area contributed by atoms with E-state index in [1.54, 1.807) is 17.2 Å². The van der Waals surface area contributed by atoms with Crippen LogP contribution in [0.5, 0.6) is 0 Å². The number of aryl methyl sites for hydroxylation is 2. The molecule has 1 heterocycles. The maximum Gasteiger partial charge on any atom is 0.357 e. The Kier molecular flexibility index (Phi) is 8.44. The molecule has 7 heteroatoms. The molecule has 0 atom stereocenters. The molecule has 1 aromatic carbocycles. The number of anilines is 1. The lowest BCUT2D eigenvalue weighted by Crippen LogP contribution is -2.35. The van der Waals surface area contributed by atoms with Gasteiger partial charge in [0.25, 0.3) is 0 Å². The van der Waals surface area contributed by atoms with Crippen LogP contribution < -0.4 is 5.32 Å². The first-order valence-electron chi connectivity index (χ1n) is 9.69. The number of nitrogens with zero attached hydrogens (tertiary/aromatic N) is 2. The molecule has 0 fully saturated rings. The van der Waals surface area contributed by atoms with Crippen LogP contribution in [-0.2, 0) is 11.3 Å². The fraction of sp³-hybridized carbons (Fsp3) is 0.476. The van der Waals surface area contributed by atoms with E-state index >= 15 is 0 Å². The molecule has 6 nitrogen and oxygen atoms in total. The zero-order valence-electron chi connectivity index (χ0n) is 17.1. The summed E-state index contributed by atoms with van der Waals surface area (Å²) in [6, 6.07) is 5.80. The van der Waals surface area contributed by atoms with E-state index in [0.29, 0.717) is 25.4 Å². The minimum atomic E-state index is -0.428. The lowest BCUT2D eigenvalue weighted by molar-refractivity contribution is 0.0520. The highest BCUT2D eigenvalue weighted by molar-refractivity contribution is 7.09. The minimum absolute atomic E-state index is 0.157. The summed E-state index contributed by atoms with van der Waals surface area (Å²) in [6.07, 6.45) is 3.06. The van der Waals surface area contributed by atoms with Crippen LogP contribution in [0.1, 0.15) is 59.7 Å². The average Bonchev–Trinajstić information content (AvgIpc) is 3.12.